The van der Waals surface area contributed by atoms with Gasteiger partial charge in [-0.25, -0.2) is 9.97 Å². The van der Waals surface area contributed by atoms with E-state index in [1.54, 1.807) is 0 Å². The van der Waals surface area contributed by atoms with E-state index in [9.17, 15) is 5.26 Å². The average molecular weight is 398 g/mol. The zero-order valence-electron chi connectivity index (χ0n) is 17.3. The van der Waals surface area contributed by atoms with Crippen LogP contribution in [0.1, 0.15) is 66.4 Å². The van der Waals surface area contributed by atoms with Crippen molar-refractivity contribution in [3.8, 4) is 11.8 Å². The molecule has 2 aliphatic rings. The predicted molar refractivity (Wildman–Crippen MR) is 116 cm³/mol. The second-order valence-electron chi connectivity index (χ2n) is 8.53. The van der Waals surface area contributed by atoms with Crippen LogP contribution in [-0.2, 0) is 19.5 Å². The number of hydrogen-bond acceptors (Lipinski definition) is 4. The highest BCUT2D eigenvalue weighted by Crippen LogP contribution is 2.31. The van der Waals surface area contributed by atoms with Gasteiger partial charge in [-0.2, -0.15) is 5.26 Å². The standard InChI is InChI=1S/C25H27N5/c26-15-19-6-4-9-22(14-19)30-12-5-10-23(30)18-29-13-11-24-21(17-29)16-27-25(28-24)20-7-2-1-3-8-20/h4-6,9-10,12,14,16,20H,1-3,7-8,11,13,17-18H2. The minimum absolute atomic E-state index is 0.564. The van der Waals surface area contributed by atoms with Gasteiger partial charge >= 0.3 is 0 Å². The minimum atomic E-state index is 0.564. The number of nitrogens with zero attached hydrogens (tertiary/aromatic N) is 5. The van der Waals surface area contributed by atoms with Crippen molar-refractivity contribution in [3.05, 3.63) is 77.1 Å². The van der Waals surface area contributed by atoms with Crippen molar-refractivity contribution < 1.29 is 0 Å². The van der Waals surface area contributed by atoms with Gasteiger partial charge in [-0.1, -0.05) is 25.3 Å². The first-order chi connectivity index (χ1) is 14.8. The van der Waals surface area contributed by atoms with Gasteiger partial charge in [0.1, 0.15) is 5.82 Å². The molecule has 1 saturated carbocycles. The topological polar surface area (TPSA) is 57.7 Å². The molecule has 0 saturated heterocycles. The van der Waals surface area contributed by atoms with Crippen LogP contribution in [0.3, 0.4) is 0 Å². The molecule has 0 atom stereocenters. The Kier molecular flexibility index (Phi) is 5.33. The van der Waals surface area contributed by atoms with E-state index in [0.29, 0.717) is 11.5 Å². The molecule has 3 aromatic rings. The van der Waals surface area contributed by atoms with Crippen molar-refractivity contribution in [1.82, 2.24) is 19.4 Å². The maximum atomic E-state index is 9.21. The van der Waals surface area contributed by atoms with Crippen LogP contribution in [0.2, 0.25) is 0 Å². The van der Waals surface area contributed by atoms with Crippen LogP contribution in [0, 0.1) is 11.3 Å². The lowest BCUT2D eigenvalue weighted by Crippen LogP contribution is -2.32. The quantitative estimate of drug-likeness (QED) is 0.638. The summed E-state index contributed by atoms with van der Waals surface area (Å²) in [4.78, 5) is 12.2. The summed E-state index contributed by atoms with van der Waals surface area (Å²) in [6.45, 7) is 2.77. The van der Waals surface area contributed by atoms with Gasteiger partial charge in [0.2, 0.25) is 0 Å². The van der Waals surface area contributed by atoms with Crippen LogP contribution in [0.5, 0.6) is 0 Å². The largest absolute Gasteiger partial charge is 0.320 e. The Morgan fingerprint density at radius 3 is 2.87 bits per heavy atom. The first-order valence-electron chi connectivity index (χ1n) is 11.0. The average Bonchev–Trinajstić information content (AvgIpc) is 3.27. The van der Waals surface area contributed by atoms with Crippen molar-refractivity contribution in [3.63, 3.8) is 0 Å². The van der Waals surface area contributed by atoms with Gasteiger partial charge in [0.05, 0.1) is 11.6 Å². The number of nitriles is 1. The maximum Gasteiger partial charge on any atom is 0.131 e. The van der Waals surface area contributed by atoms with Crippen molar-refractivity contribution in [1.29, 1.82) is 5.26 Å². The number of rotatable bonds is 4. The Hall–Kier alpha value is -2.97. The number of aromatic nitrogens is 3. The number of hydrogen-bond donors (Lipinski definition) is 0. The Morgan fingerprint density at radius 1 is 1.10 bits per heavy atom. The molecule has 1 aromatic carbocycles. The highest BCUT2D eigenvalue weighted by atomic mass is 15.2. The zero-order valence-corrected chi connectivity index (χ0v) is 17.3. The predicted octanol–water partition coefficient (Wildman–Crippen LogP) is 4.74. The van der Waals surface area contributed by atoms with Gasteiger partial charge in [0.15, 0.2) is 0 Å². The molecule has 5 nitrogen and oxygen atoms in total. The van der Waals surface area contributed by atoms with E-state index in [1.807, 2.05) is 18.2 Å². The first kappa shape index (κ1) is 19.0. The minimum Gasteiger partial charge on any atom is -0.320 e. The summed E-state index contributed by atoms with van der Waals surface area (Å²) in [6.07, 6.45) is 11.6. The number of fused-ring (bicyclic) bond motifs is 1. The summed E-state index contributed by atoms with van der Waals surface area (Å²) in [5.74, 6) is 1.64. The van der Waals surface area contributed by atoms with E-state index in [-0.39, 0.29) is 0 Å². The highest BCUT2D eigenvalue weighted by Gasteiger charge is 2.23. The van der Waals surface area contributed by atoms with E-state index in [1.165, 1.54) is 49.1 Å². The fourth-order valence-electron chi connectivity index (χ4n) is 4.83. The van der Waals surface area contributed by atoms with Crippen LogP contribution in [-0.4, -0.2) is 26.0 Å². The van der Waals surface area contributed by atoms with E-state index in [4.69, 9.17) is 9.97 Å². The summed E-state index contributed by atoms with van der Waals surface area (Å²) in [6, 6.07) is 14.2. The summed E-state index contributed by atoms with van der Waals surface area (Å²) < 4.78 is 2.18. The Morgan fingerprint density at radius 2 is 2.00 bits per heavy atom. The lowest BCUT2D eigenvalue weighted by atomic mass is 9.88. The summed E-state index contributed by atoms with van der Waals surface area (Å²) in [5.41, 5.74) is 5.47. The van der Waals surface area contributed by atoms with Crippen LogP contribution < -0.4 is 0 Å². The lowest BCUT2D eigenvalue weighted by Gasteiger charge is -2.29. The fourth-order valence-corrected chi connectivity index (χ4v) is 4.83. The zero-order chi connectivity index (χ0) is 20.3. The van der Waals surface area contributed by atoms with Gasteiger partial charge in [0, 0.05) is 67.0 Å². The molecule has 0 amide bonds. The molecule has 2 aromatic heterocycles. The summed E-state index contributed by atoms with van der Waals surface area (Å²) in [7, 11) is 0. The first-order valence-corrected chi connectivity index (χ1v) is 11.0. The monoisotopic (exact) mass is 397 g/mol. The van der Waals surface area contributed by atoms with Crippen LogP contribution in [0.25, 0.3) is 5.69 Å². The summed E-state index contributed by atoms with van der Waals surface area (Å²) >= 11 is 0. The van der Waals surface area contributed by atoms with E-state index in [0.717, 1.165) is 37.6 Å². The molecule has 5 rings (SSSR count). The van der Waals surface area contributed by atoms with Crippen LogP contribution in [0.4, 0.5) is 0 Å². The summed E-state index contributed by atoms with van der Waals surface area (Å²) in [5, 5.41) is 9.21. The van der Waals surface area contributed by atoms with E-state index < -0.39 is 0 Å². The SMILES string of the molecule is N#Cc1cccc(-n2cccc2CN2CCc3nc(C4CCCCC4)ncc3C2)c1. The third kappa shape index (κ3) is 3.88. The van der Waals surface area contributed by atoms with Crippen LogP contribution >= 0.6 is 0 Å². The second kappa shape index (κ2) is 8.41. The second-order valence-corrected chi connectivity index (χ2v) is 8.53. The lowest BCUT2D eigenvalue weighted by molar-refractivity contribution is 0.238. The molecule has 0 bridgehead atoms. The number of benzene rings is 1. The molecule has 0 N–H and O–H groups in total. The molecule has 0 radical (unpaired) electrons. The van der Waals surface area contributed by atoms with Crippen molar-refractivity contribution >= 4 is 0 Å². The maximum absolute atomic E-state index is 9.21. The van der Waals surface area contributed by atoms with Gasteiger partial charge in [-0.05, 0) is 43.2 Å². The van der Waals surface area contributed by atoms with Crippen LogP contribution in [0.15, 0.2) is 48.8 Å². The molecule has 0 spiro atoms. The molecular formula is C25H27N5. The normalized spacial score (nSPS) is 17.4. The molecule has 3 heterocycles. The van der Waals surface area contributed by atoms with Gasteiger partial charge < -0.3 is 4.57 Å². The van der Waals surface area contributed by atoms with E-state index >= 15 is 0 Å². The molecule has 0 unspecified atom stereocenters. The molecule has 5 heteroatoms. The Bertz CT molecular complexity index is 1070. The van der Waals surface area contributed by atoms with Crippen molar-refractivity contribution in [2.45, 2.75) is 57.5 Å². The highest BCUT2D eigenvalue weighted by molar-refractivity contribution is 5.42. The molecular weight excluding hydrogens is 370 g/mol. The smallest absolute Gasteiger partial charge is 0.131 e. The van der Waals surface area contributed by atoms with Crippen molar-refractivity contribution in [2.75, 3.05) is 6.54 Å². The fraction of sp³-hybridized carbons (Fsp3) is 0.400. The third-order valence-electron chi connectivity index (χ3n) is 6.47. The van der Waals surface area contributed by atoms with Gasteiger partial charge in [-0.15, -0.1) is 0 Å². The molecule has 152 valence electrons. The van der Waals surface area contributed by atoms with E-state index in [2.05, 4.69) is 46.1 Å². The van der Waals surface area contributed by atoms with Gasteiger partial charge in [-0.3, -0.25) is 4.90 Å². The molecule has 30 heavy (non-hydrogen) atoms. The van der Waals surface area contributed by atoms with Crippen molar-refractivity contribution in [2.24, 2.45) is 0 Å². The molecule has 1 fully saturated rings. The third-order valence-corrected chi connectivity index (χ3v) is 6.47. The molecule has 1 aliphatic carbocycles. The molecule has 1 aliphatic heterocycles. The van der Waals surface area contributed by atoms with Gasteiger partial charge in [0.25, 0.3) is 0 Å². The Labute approximate surface area is 178 Å². The Balaban J connectivity index is 1.31.